The van der Waals surface area contributed by atoms with Gasteiger partial charge in [-0.1, -0.05) is 0 Å². The zero-order valence-electron chi connectivity index (χ0n) is 11.4. The number of aryl methyl sites for hydroxylation is 2. The van der Waals surface area contributed by atoms with Crippen molar-refractivity contribution in [3.63, 3.8) is 0 Å². The molecule has 102 valence electrons. The molecule has 2 aromatic heterocycles. The number of anilines is 1. The molecule has 6 nitrogen and oxygen atoms in total. The lowest BCUT2D eigenvalue weighted by molar-refractivity contribution is 0.341. The Hall–Kier alpha value is -1.89. The van der Waals surface area contributed by atoms with Crippen molar-refractivity contribution in [1.29, 1.82) is 0 Å². The topological polar surface area (TPSA) is 69.2 Å². The van der Waals surface area contributed by atoms with Crippen molar-refractivity contribution in [2.75, 3.05) is 19.5 Å². The minimum atomic E-state index is 0.230. The van der Waals surface area contributed by atoms with Gasteiger partial charge in [0.1, 0.15) is 0 Å². The van der Waals surface area contributed by atoms with Gasteiger partial charge in [0.25, 0.3) is 0 Å². The molecule has 0 amide bonds. The van der Waals surface area contributed by atoms with Crippen LogP contribution in [0.4, 0.5) is 5.95 Å². The van der Waals surface area contributed by atoms with E-state index < -0.39 is 0 Å². The summed E-state index contributed by atoms with van der Waals surface area (Å²) in [6.07, 6.45) is 0. The van der Waals surface area contributed by atoms with Gasteiger partial charge < -0.3 is 14.8 Å². The fourth-order valence-corrected chi connectivity index (χ4v) is 2.50. The first-order chi connectivity index (χ1) is 9.12. The molecule has 0 saturated carbocycles. The van der Waals surface area contributed by atoms with Crippen molar-refractivity contribution >= 4 is 17.3 Å². The average molecular weight is 280 g/mol. The van der Waals surface area contributed by atoms with Crippen molar-refractivity contribution in [3.05, 3.63) is 21.4 Å². The third kappa shape index (κ3) is 3.31. The van der Waals surface area contributed by atoms with E-state index in [1.54, 1.807) is 11.3 Å². The Bertz CT molecular complexity index is 529. The smallest absolute Gasteiger partial charge is 0.324 e. The largest absolute Gasteiger partial charge is 0.467 e. The van der Waals surface area contributed by atoms with Crippen LogP contribution in [0.5, 0.6) is 12.0 Å². The van der Waals surface area contributed by atoms with Gasteiger partial charge in [-0.05, 0) is 25.5 Å². The van der Waals surface area contributed by atoms with E-state index in [1.165, 1.54) is 29.5 Å². The van der Waals surface area contributed by atoms with Crippen LogP contribution in [-0.2, 0) is 6.54 Å². The van der Waals surface area contributed by atoms with Crippen LogP contribution in [0.3, 0.4) is 0 Å². The molecule has 0 aliphatic rings. The molecular formula is C12H16N4O2S. The molecule has 0 bridgehead atoms. The molecule has 0 aromatic carbocycles. The van der Waals surface area contributed by atoms with Crippen LogP contribution in [0.15, 0.2) is 6.07 Å². The quantitative estimate of drug-likeness (QED) is 0.905. The van der Waals surface area contributed by atoms with E-state index in [0.29, 0.717) is 12.5 Å². The summed E-state index contributed by atoms with van der Waals surface area (Å²) in [5.74, 6) is 0.437. The molecule has 0 radical (unpaired) electrons. The molecule has 0 unspecified atom stereocenters. The summed E-state index contributed by atoms with van der Waals surface area (Å²) in [4.78, 5) is 14.7. The molecule has 0 spiro atoms. The monoisotopic (exact) mass is 280 g/mol. The molecule has 0 atom stereocenters. The van der Waals surface area contributed by atoms with Crippen LogP contribution in [0, 0.1) is 13.8 Å². The van der Waals surface area contributed by atoms with Crippen molar-refractivity contribution in [2.24, 2.45) is 0 Å². The SMILES string of the molecule is COc1nc(NCc2cc(C)c(C)s2)nc(OC)n1. The fourth-order valence-electron chi connectivity index (χ4n) is 1.50. The molecule has 0 saturated heterocycles. The summed E-state index contributed by atoms with van der Waals surface area (Å²) in [5.41, 5.74) is 1.30. The first kappa shape index (κ1) is 13.5. The number of ether oxygens (including phenoxy) is 2. The average Bonchev–Trinajstić information content (AvgIpc) is 2.75. The van der Waals surface area contributed by atoms with Gasteiger partial charge in [0.05, 0.1) is 20.8 Å². The second kappa shape index (κ2) is 5.83. The normalized spacial score (nSPS) is 10.3. The van der Waals surface area contributed by atoms with Crippen molar-refractivity contribution < 1.29 is 9.47 Å². The van der Waals surface area contributed by atoms with E-state index in [0.717, 1.165) is 0 Å². The van der Waals surface area contributed by atoms with Gasteiger partial charge in [0.15, 0.2) is 0 Å². The first-order valence-electron chi connectivity index (χ1n) is 5.76. The van der Waals surface area contributed by atoms with Crippen LogP contribution in [-0.4, -0.2) is 29.2 Å². The van der Waals surface area contributed by atoms with Crippen LogP contribution >= 0.6 is 11.3 Å². The third-order valence-corrected chi connectivity index (χ3v) is 3.75. The van der Waals surface area contributed by atoms with E-state index in [2.05, 4.69) is 40.2 Å². The van der Waals surface area contributed by atoms with E-state index in [9.17, 15) is 0 Å². The second-order valence-electron chi connectivity index (χ2n) is 3.94. The third-order valence-electron chi connectivity index (χ3n) is 2.60. The van der Waals surface area contributed by atoms with Crippen LogP contribution in [0.2, 0.25) is 0 Å². The number of rotatable bonds is 5. The van der Waals surface area contributed by atoms with Crippen LogP contribution in [0.25, 0.3) is 0 Å². The Morgan fingerprint density at radius 3 is 2.21 bits per heavy atom. The number of nitrogens with zero attached hydrogens (tertiary/aromatic N) is 3. The lowest BCUT2D eigenvalue weighted by Crippen LogP contribution is -2.06. The number of methoxy groups -OCH3 is 2. The summed E-state index contributed by atoms with van der Waals surface area (Å²) in [6, 6.07) is 2.61. The van der Waals surface area contributed by atoms with Crippen LogP contribution in [0.1, 0.15) is 15.3 Å². The highest BCUT2D eigenvalue weighted by Gasteiger charge is 2.07. The summed E-state index contributed by atoms with van der Waals surface area (Å²) in [7, 11) is 3.01. The van der Waals surface area contributed by atoms with Gasteiger partial charge in [-0.15, -0.1) is 16.3 Å². The van der Waals surface area contributed by atoms with E-state index >= 15 is 0 Å². The van der Waals surface area contributed by atoms with Crippen molar-refractivity contribution in [3.8, 4) is 12.0 Å². The highest BCUT2D eigenvalue weighted by Crippen LogP contribution is 2.21. The van der Waals surface area contributed by atoms with Gasteiger partial charge in [-0.3, -0.25) is 0 Å². The Morgan fingerprint density at radius 1 is 1.11 bits per heavy atom. The predicted molar refractivity (Wildman–Crippen MR) is 74.1 cm³/mol. The standard InChI is InChI=1S/C12H16N4O2S/c1-7-5-9(19-8(7)2)6-13-10-14-11(17-3)16-12(15-10)18-4/h5H,6H2,1-4H3,(H,13,14,15,16). The molecule has 2 rings (SSSR count). The van der Waals surface area contributed by atoms with Gasteiger partial charge >= 0.3 is 12.0 Å². The molecule has 0 aliphatic heterocycles. The molecule has 2 aromatic rings. The number of aromatic nitrogens is 3. The van der Waals surface area contributed by atoms with Gasteiger partial charge in [-0.2, -0.15) is 9.97 Å². The molecule has 1 N–H and O–H groups in total. The van der Waals surface area contributed by atoms with Crippen LogP contribution < -0.4 is 14.8 Å². The number of hydrogen-bond acceptors (Lipinski definition) is 7. The predicted octanol–water partition coefficient (Wildman–Crippen LogP) is 2.18. The summed E-state index contributed by atoms with van der Waals surface area (Å²) in [6.45, 7) is 4.87. The zero-order valence-corrected chi connectivity index (χ0v) is 12.2. The maximum absolute atomic E-state index is 4.99. The molecular weight excluding hydrogens is 264 g/mol. The van der Waals surface area contributed by atoms with E-state index in [4.69, 9.17) is 9.47 Å². The van der Waals surface area contributed by atoms with Crippen molar-refractivity contribution in [2.45, 2.75) is 20.4 Å². The van der Waals surface area contributed by atoms with Crippen molar-refractivity contribution in [1.82, 2.24) is 15.0 Å². The number of nitrogens with one attached hydrogen (secondary N) is 1. The molecule has 0 fully saturated rings. The molecule has 19 heavy (non-hydrogen) atoms. The maximum Gasteiger partial charge on any atom is 0.324 e. The lowest BCUT2D eigenvalue weighted by atomic mass is 10.3. The molecule has 2 heterocycles. The van der Waals surface area contributed by atoms with Gasteiger partial charge in [-0.25, -0.2) is 0 Å². The summed E-state index contributed by atoms with van der Waals surface area (Å²) >= 11 is 1.76. The highest BCUT2D eigenvalue weighted by atomic mass is 32.1. The zero-order chi connectivity index (χ0) is 13.8. The summed E-state index contributed by atoms with van der Waals surface area (Å²) < 4.78 is 9.99. The molecule has 7 heteroatoms. The number of hydrogen-bond donors (Lipinski definition) is 1. The van der Waals surface area contributed by atoms with E-state index in [1.807, 2.05) is 0 Å². The Morgan fingerprint density at radius 2 is 1.74 bits per heavy atom. The summed E-state index contributed by atoms with van der Waals surface area (Å²) in [5, 5.41) is 3.14. The molecule has 0 aliphatic carbocycles. The fraction of sp³-hybridized carbons (Fsp3) is 0.417. The second-order valence-corrected chi connectivity index (χ2v) is 5.28. The maximum atomic E-state index is 4.99. The Labute approximate surface area is 115 Å². The van der Waals surface area contributed by atoms with Gasteiger partial charge in [0.2, 0.25) is 5.95 Å². The highest BCUT2D eigenvalue weighted by molar-refractivity contribution is 7.12. The van der Waals surface area contributed by atoms with Gasteiger partial charge in [0, 0.05) is 9.75 Å². The van der Waals surface area contributed by atoms with E-state index in [-0.39, 0.29) is 12.0 Å². The first-order valence-corrected chi connectivity index (χ1v) is 6.58. The number of thiophene rings is 1. The lowest BCUT2D eigenvalue weighted by Gasteiger charge is -2.06. The Balaban J connectivity index is 2.10. The minimum absolute atomic E-state index is 0.230. The Kier molecular flexibility index (Phi) is 4.16. The minimum Gasteiger partial charge on any atom is -0.467 e.